The smallest absolute Gasteiger partial charge is 0.241 e. The maximum atomic E-state index is 13.4. The molecule has 0 bridgehead atoms. The summed E-state index contributed by atoms with van der Waals surface area (Å²) >= 11 is 0. The van der Waals surface area contributed by atoms with Gasteiger partial charge in [-0.15, -0.1) is 0 Å². The Bertz CT molecular complexity index is 735. The van der Waals surface area contributed by atoms with Gasteiger partial charge in [-0.2, -0.15) is 0 Å². The van der Waals surface area contributed by atoms with Gasteiger partial charge in [0.25, 0.3) is 0 Å². The van der Waals surface area contributed by atoms with Crippen LogP contribution in [-0.4, -0.2) is 13.4 Å². The van der Waals surface area contributed by atoms with Crippen LogP contribution in [0.2, 0.25) is 0 Å². The van der Waals surface area contributed by atoms with Gasteiger partial charge in [-0.25, -0.2) is 26.9 Å². The Balaban J connectivity index is 2.19. The van der Waals surface area contributed by atoms with E-state index in [4.69, 9.17) is 5.73 Å². The van der Waals surface area contributed by atoms with Crippen molar-refractivity contribution in [2.45, 2.75) is 11.4 Å². The Morgan fingerprint density at radius 2 is 1.95 bits per heavy atom. The van der Waals surface area contributed by atoms with E-state index < -0.39 is 21.7 Å². The van der Waals surface area contributed by atoms with Crippen LogP contribution < -0.4 is 10.5 Å². The van der Waals surface area contributed by atoms with Crippen LogP contribution >= 0.6 is 0 Å². The lowest BCUT2D eigenvalue weighted by atomic mass is 10.2. The van der Waals surface area contributed by atoms with Crippen molar-refractivity contribution in [1.29, 1.82) is 0 Å². The van der Waals surface area contributed by atoms with Gasteiger partial charge in [0.05, 0.1) is 4.90 Å². The Kier molecular flexibility index (Phi) is 3.96. The lowest BCUT2D eigenvalue weighted by Gasteiger charge is -2.08. The third-order valence-corrected chi connectivity index (χ3v) is 3.92. The minimum Gasteiger partial charge on any atom is -0.384 e. The van der Waals surface area contributed by atoms with E-state index in [1.165, 1.54) is 18.3 Å². The van der Waals surface area contributed by atoms with Crippen molar-refractivity contribution in [3.8, 4) is 0 Å². The number of sulfonamides is 1. The Hall–Kier alpha value is -2.06. The number of nitrogens with one attached hydrogen (secondary N) is 1. The number of pyridine rings is 1. The molecule has 106 valence electrons. The molecule has 0 aliphatic carbocycles. The van der Waals surface area contributed by atoms with Crippen molar-refractivity contribution in [3.05, 3.63) is 53.7 Å². The molecule has 2 aromatic rings. The number of hydrogen-bond acceptors (Lipinski definition) is 4. The zero-order valence-electron chi connectivity index (χ0n) is 10.2. The quantitative estimate of drug-likeness (QED) is 0.894. The van der Waals surface area contributed by atoms with Crippen molar-refractivity contribution in [1.82, 2.24) is 9.71 Å². The van der Waals surface area contributed by atoms with Crippen LogP contribution in [0.25, 0.3) is 0 Å². The van der Waals surface area contributed by atoms with E-state index in [-0.39, 0.29) is 22.8 Å². The van der Waals surface area contributed by atoms with E-state index in [2.05, 4.69) is 9.71 Å². The molecule has 0 atom stereocenters. The van der Waals surface area contributed by atoms with Gasteiger partial charge < -0.3 is 5.73 Å². The molecule has 20 heavy (non-hydrogen) atoms. The predicted octanol–water partition coefficient (Wildman–Crippen LogP) is 1.42. The topological polar surface area (TPSA) is 85.1 Å². The molecule has 0 aliphatic rings. The minimum atomic E-state index is -3.87. The van der Waals surface area contributed by atoms with Crippen LogP contribution in [0, 0.1) is 11.6 Å². The Morgan fingerprint density at radius 1 is 1.20 bits per heavy atom. The average Bonchev–Trinajstić information content (AvgIpc) is 2.40. The van der Waals surface area contributed by atoms with E-state index in [9.17, 15) is 17.2 Å². The molecule has 0 amide bonds. The van der Waals surface area contributed by atoms with Gasteiger partial charge in [-0.1, -0.05) is 0 Å². The van der Waals surface area contributed by atoms with Gasteiger partial charge in [-0.05, 0) is 24.3 Å². The molecule has 8 heteroatoms. The van der Waals surface area contributed by atoms with Gasteiger partial charge in [0.2, 0.25) is 10.0 Å². The number of anilines is 1. The first-order valence-corrected chi connectivity index (χ1v) is 7.02. The second-order valence-electron chi connectivity index (χ2n) is 3.98. The molecule has 0 aliphatic heterocycles. The van der Waals surface area contributed by atoms with Crippen molar-refractivity contribution in [3.63, 3.8) is 0 Å². The standard InChI is InChI=1S/C12H11F2N3O2S/c13-9-1-2-11(14)8(5-9)7-17-20(18,19)10-3-4-16-12(15)6-10/h1-6,17H,7H2,(H2,15,16). The molecular weight excluding hydrogens is 288 g/mol. The van der Waals surface area contributed by atoms with E-state index >= 15 is 0 Å². The number of benzene rings is 1. The second kappa shape index (κ2) is 5.51. The van der Waals surface area contributed by atoms with Crippen LogP contribution in [0.15, 0.2) is 41.4 Å². The molecule has 1 aromatic carbocycles. The minimum absolute atomic E-state index is 0.0461. The summed E-state index contributed by atoms with van der Waals surface area (Å²) in [4.78, 5) is 3.58. The highest BCUT2D eigenvalue weighted by Crippen LogP contribution is 2.13. The molecule has 2 rings (SSSR count). The van der Waals surface area contributed by atoms with E-state index in [1.54, 1.807) is 0 Å². The summed E-state index contributed by atoms with van der Waals surface area (Å²) < 4.78 is 52.4. The van der Waals surface area contributed by atoms with E-state index in [0.717, 1.165) is 18.2 Å². The van der Waals surface area contributed by atoms with Crippen molar-refractivity contribution in [2.75, 3.05) is 5.73 Å². The second-order valence-corrected chi connectivity index (χ2v) is 5.74. The number of hydrogen-bond donors (Lipinski definition) is 2. The summed E-state index contributed by atoms with van der Waals surface area (Å²) in [5.74, 6) is -1.29. The summed E-state index contributed by atoms with van der Waals surface area (Å²) in [5.41, 5.74) is 5.31. The van der Waals surface area contributed by atoms with Gasteiger partial charge >= 0.3 is 0 Å². The van der Waals surface area contributed by atoms with Crippen LogP contribution in [0.3, 0.4) is 0 Å². The molecule has 0 saturated heterocycles. The first-order chi connectivity index (χ1) is 9.38. The molecule has 5 nitrogen and oxygen atoms in total. The fourth-order valence-electron chi connectivity index (χ4n) is 1.53. The summed E-state index contributed by atoms with van der Waals surface area (Å²) in [6, 6.07) is 5.24. The number of nitrogens with two attached hydrogens (primary N) is 1. The normalized spacial score (nSPS) is 11.5. The summed E-state index contributed by atoms with van der Waals surface area (Å²) in [5, 5.41) is 0. The molecule has 1 aromatic heterocycles. The van der Waals surface area contributed by atoms with Crippen LogP contribution in [0.4, 0.5) is 14.6 Å². The molecule has 1 heterocycles. The molecule has 0 fully saturated rings. The van der Waals surface area contributed by atoms with Gasteiger partial charge in [0, 0.05) is 24.4 Å². The predicted molar refractivity (Wildman–Crippen MR) is 69.0 cm³/mol. The SMILES string of the molecule is Nc1cc(S(=O)(=O)NCc2cc(F)ccc2F)ccn1. The highest BCUT2D eigenvalue weighted by atomic mass is 32.2. The lowest BCUT2D eigenvalue weighted by molar-refractivity contribution is 0.567. The molecule has 0 radical (unpaired) electrons. The zero-order valence-corrected chi connectivity index (χ0v) is 11.0. The third-order valence-electron chi connectivity index (χ3n) is 2.52. The molecule has 0 spiro atoms. The Labute approximate surface area is 114 Å². The monoisotopic (exact) mass is 299 g/mol. The number of halogens is 2. The lowest BCUT2D eigenvalue weighted by Crippen LogP contribution is -2.24. The fourth-order valence-corrected chi connectivity index (χ4v) is 2.56. The van der Waals surface area contributed by atoms with Gasteiger partial charge in [-0.3, -0.25) is 0 Å². The molecule has 0 saturated carbocycles. The van der Waals surface area contributed by atoms with Crippen molar-refractivity contribution < 1.29 is 17.2 Å². The first-order valence-electron chi connectivity index (χ1n) is 5.53. The van der Waals surface area contributed by atoms with Crippen LogP contribution in [0.5, 0.6) is 0 Å². The largest absolute Gasteiger partial charge is 0.384 e. The summed E-state index contributed by atoms with van der Waals surface area (Å²) in [6.45, 7) is -0.367. The summed E-state index contributed by atoms with van der Waals surface area (Å²) in [7, 11) is -3.87. The molecular formula is C12H11F2N3O2S. The van der Waals surface area contributed by atoms with Gasteiger partial charge in [0.1, 0.15) is 17.5 Å². The van der Waals surface area contributed by atoms with Crippen molar-refractivity contribution >= 4 is 15.8 Å². The van der Waals surface area contributed by atoms with Crippen molar-refractivity contribution in [2.24, 2.45) is 0 Å². The third kappa shape index (κ3) is 3.28. The van der Waals surface area contributed by atoms with Crippen LogP contribution in [0.1, 0.15) is 5.56 Å². The maximum absolute atomic E-state index is 13.4. The number of aromatic nitrogens is 1. The first kappa shape index (κ1) is 14.4. The fraction of sp³-hybridized carbons (Fsp3) is 0.0833. The van der Waals surface area contributed by atoms with Gasteiger partial charge in [0.15, 0.2) is 0 Å². The number of nitrogen functional groups attached to an aromatic ring is 1. The maximum Gasteiger partial charge on any atom is 0.241 e. The number of nitrogens with zero attached hydrogens (tertiary/aromatic N) is 1. The summed E-state index contributed by atoms with van der Waals surface area (Å²) in [6.07, 6.45) is 1.24. The number of rotatable bonds is 4. The van der Waals surface area contributed by atoms with E-state index in [1.807, 2.05) is 0 Å². The Morgan fingerprint density at radius 3 is 2.65 bits per heavy atom. The highest BCUT2D eigenvalue weighted by Gasteiger charge is 2.15. The molecule has 3 N–H and O–H groups in total. The average molecular weight is 299 g/mol. The highest BCUT2D eigenvalue weighted by molar-refractivity contribution is 7.89. The van der Waals surface area contributed by atoms with Crippen LogP contribution in [-0.2, 0) is 16.6 Å². The van der Waals surface area contributed by atoms with E-state index in [0.29, 0.717) is 0 Å². The molecule has 0 unspecified atom stereocenters. The zero-order chi connectivity index (χ0) is 14.8.